The van der Waals surface area contributed by atoms with Gasteiger partial charge >= 0.3 is 296 Å². The number of halogens is 4. The molecule has 238 valence electrons. The Labute approximate surface area is 293 Å². The first-order valence-corrected chi connectivity index (χ1v) is 31.6. The molecule has 0 fully saturated rings. The van der Waals surface area contributed by atoms with Gasteiger partial charge in [-0.3, -0.25) is 0 Å². The van der Waals surface area contributed by atoms with Crippen molar-refractivity contribution in [2.45, 2.75) is 74.5 Å². The quantitative estimate of drug-likeness (QED) is 0.156. The Balaban J connectivity index is 1.85. The van der Waals surface area contributed by atoms with E-state index in [0.29, 0.717) is 10.0 Å². The average molecular weight is 784 g/mol. The minimum atomic E-state index is -5.41. The molecule has 6 heteroatoms. The van der Waals surface area contributed by atoms with Crippen LogP contribution in [0.3, 0.4) is 0 Å². The van der Waals surface area contributed by atoms with Crippen molar-refractivity contribution in [3.63, 3.8) is 0 Å². The second-order valence-electron chi connectivity index (χ2n) is 13.4. The molecule has 0 heterocycles. The summed E-state index contributed by atoms with van der Waals surface area (Å²) in [4.78, 5) is 0. The number of allylic oxidation sites excluding steroid dienone is 2. The maximum atomic E-state index is 9.04. The van der Waals surface area contributed by atoms with Gasteiger partial charge in [0.25, 0.3) is 0 Å². The van der Waals surface area contributed by atoms with Gasteiger partial charge in [0.15, 0.2) is 0 Å². The van der Waals surface area contributed by atoms with E-state index in [1.54, 1.807) is 0 Å². The van der Waals surface area contributed by atoms with Crippen molar-refractivity contribution in [3.8, 4) is 0 Å². The Kier molecular flexibility index (Phi) is 9.86. The van der Waals surface area contributed by atoms with Crippen LogP contribution in [0.15, 0.2) is 83.9 Å². The molecule has 0 spiro atoms. The Morgan fingerprint density at radius 3 is 1.28 bits per heavy atom. The van der Waals surface area contributed by atoms with E-state index in [0.717, 1.165) is 25.7 Å². The molecule has 0 bridgehead atoms. The molecule has 0 nitrogen and oxygen atoms in total. The van der Waals surface area contributed by atoms with Gasteiger partial charge in [-0.15, -0.1) is 0 Å². The first kappa shape index (κ1) is 34.5. The second kappa shape index (κ2) is 13.2. The molecular weight excluding hydrogens is 742 g/mol. The van der Waals surface area contributed by atoms with Crippen LogP contribution < -0.4 is 10.4 Å². The van der Waals surface area contributed by atoms with E-state index < -0.39 is 20.4 Å². The van der Waals surface area contributed by atoms with Crippen LogP contribution in [0, 0.1) is 13.8 Å². The first-order chi connectivity index (χ1) is 21.9. The van der Waals surface area contributed by atoms with Crippen molar-refractivity contribution >= 4 is 68.2 Å². The van der Waals surface area contributed by atoms with Crippen molar-refractivity contribution in [1.29, 1.82) is 0 Å². The molecule has 4 aromatic carbocycles. The van der Waals surface area contributed by atoms with Crippen LogP contribution in [0.4, 0.5) is 0 Å². The summed E-state index contributed by atoms with van der Waals surface area (Å²) in [5.41, 5.74) is 11.5. The summed E-state index contributed by atoms with van der Waals surface area (Å²) in [7, 11) is 18.1. The van der Waals surface area contributed by atoms with Gasteiger partial charge in [0.2, 0.25) is 0 Å². The summed E-state index contributed by atoms with van der Waals surface area (Å²) in [5, 5.41) is 3.84. The monoisotopic (exact) mass is 780 g/mol. The molecule has 0 aliphatic heterocycles. The summed E-state index contributed by atoms with van der Waals surface area (Å²) in [6.45, 7) is 13.6. The predicted molar refractivity (Wildman–Crippen MR) is 203 cm³/mol. The molecule has 0 saturated heterocycles. The fraction of sp³-hybridized carbons (Fsp3) is 0.300. The van der Waals surface area contributed by atoms with Gasteiger partial charge in [0.05, 0.1) is 0 Å². The van der Waals surface area contributed by atoms with Crippen molar-refractivity contribution in [2.75, 3.05) is 0 Å². The summed E-state index contributed by atoms with van der Waals surface area (Å²) in [6.07, 6.45) is 9.10. The number of hydrogen-bond donors (Lipinski definition) is 0. The van der Waals surface area contributed by atoms with E-state index in [-0.39, 0.29) is 7.25 Å². The SMILES string of the molecule is CCCc1ccc(C)c2c1C=C(C)[CH]2[Zr]([Cl])([Cl])([CH]1C(C)=Cc2c(CCC)ccc(C)c21)=[Si](c1ccc(Cl)cc1)c1ccc(Cl)cc1. The molecule has 2 aliphatic rings. The Bertz CT molecular complexity index is 1840. The van der Waals surface area contributed by atoms with E-state index in [4.69, 9.17) is 40.2 Å². The van der Waals surface area contributed by atoms with E-state index in [1.807, 2.05) is 24.3 Å². The molecule has 46 heavy (non-hydrogen) atoms. The van der Waals surface area contributed by atoms with Gasteiger partial charge in [-0.25, -0.2) is 0 Å². The van der Waals surface area contributed by atoms with E-state index in [9.17, 15) is 0 Å². The third kappa shape index (κ3) is 5.62. The molecule has 4 aromatic rings. The van der Waals surface area contributed by atoms with Crippen molar-refractivity contribution in [2.24, 2.45) is 0 Å². The van der Waals surface area contributed by atoms with Gasteiger partial charge in [-0.05, 0) is 0 Å². The maximum absolute atomic E-state index is 9.04. The van der Waals surface area contributed by atoms with Crippen LogP contribution in [0.25, 0.3) is 12.2 Å². The molecule has 2 unspecified atom stereocenters. The summed E-state index contributed by atoms with van der Waals surface area (Å²) in [6, 6.07) is 26.0. The zero-order valence-electron chi connectivity index (χ0n) is 27.6. The third-order valence-corrected chi connectivity index (χ3v) is 49.0. The van der Waals surface area contributed by atoms with Gasteiger partial charge in [-0.2, -0.15) is 0 Å². The van der Waals surface area contributed by atoms with E-state index in [2.05, 4.69) is 102 Å². The van der Waals surface area contributed by atoms with E-state index >= 15 is 0 Å². The molecule has 0 amide bonds. The zero-order chi connectivity index (χ0) is 33.0. The third-order valence-electron chi connectivity index (χ3n) is 10.3. The predicted octanol–water partition coefficient (Wildman–Crippen LogP) is 11.9. The topological polar surface area (TPSA) is 0 Å². The molecule has 0 radical (unpaired) electrons. The molecule has 2 aliphatic carbocycles. The molecule has 0 N–H and O–H groups in total. The standard InChI is InChI=1S/2C14H17.C12H8Cl2Si.2ClH.Zr/c2*1-4-5-12-7-6-11(3)13-8-10(2)9-14(12)13;13-9-1-5-11(6-2-9)15-12-7-3-10(14)4-8-12;;;/h2*6-9H,4-5H2,1-3H3;1-8H;2*1H;/q;;;;;+2/p-2. The molecule has 6 rings (SSSR count). The average Bonchev–Trinajstić information content (AvgIpc) is 3.58. The van der Waals surface area contributed by atoms with Crippen LogP contribution in [0.1, 0.15) is 92.3 Å². The van der Waals surface area contributed by atoms with Gasteiger partial charge in [0.1, 0.15) is 0 Å². The van der Waals surface area contributed by atoms with Crippen molar-refractivity contribution in [1.82, 2.24) is 0 Å². The summed E-state index contributed by atoms with van der Waals surface area (Å²) < 4.78 is -0.101. The van der Waals surface area contributed by atoms with E-state index in [1.165, 1.54) is 66.0 Å². The van der Waals surface area contributed by atoms with Crippen LogP contribution >= 0.6 is 40.2 Å². The first-order valence-electron chi connectivity index (χ1n) is 16.5. The number of rotatable bonds is 8. The number of hydrogen-bond acceptors (Lipinski definition) is 0. The second-order valence-corrected chi connectivity index (χ2v) is 49.3. The number of benzene rings is 4. The number of fused-ring (bicyclic) bond motifs is 2. The van der Waals surface area contributed by atoms with Crippen molar-refractivity contribution in [3.05, 3.63) is 138 Å². The molecule has 2 atom stereocenters. The van der Waals surface area contributed by atoms with Gasteiger partial charge in [-0.1, -0.05) is 0 Å². The Morgan fingerprint density at radius 2 is 0.935 bits per heavy atom. The summed E-state index contributed by atoms with van der Waals surface area (Å²) >= 11 is 7.65. The molecule has 0 aromatic heterocycles. The van der Waals surface area contributed by atoms with Gasteiger partial charge in [0, 0.05) is 0 Å². The Hall–Kier alpha value is -1.38. The zero-order valence-corrected chi connectivity index (χ0v) is 34.1. The minimum absolute atomic E-state index is 0.0506. The van der Waals surface area contributed by atoms with Crippen LogP contribution in [-0.4, -0.2) is 5.43 Å². The molecule has 0 saturated carbocycles. The van der Waals surface area contributed by atoms with Crippen molar-refractivity contribution < 1.29 is 15.0 Å². The fourth-order valence-electron chi connectivity index (χ4n) is 8.51. The van der Waals surface area contributed by atoms with Crippen LogP contribution in [0.5, 0.6) is 0 Å². The summed E-state index contributed by atoms with van der Waals surface area (Å²) in [5.74, 6) is 0. The molecular formula is C40H42Cl4SiZr. The van der Waals surface area contributed by atoms with Crippen LogP contribution in [-0.2, 0) is 27.9 Å². The Morgan fingerprint density at radius 1 is 0.565 bits per heavy atom. The van der Waals surface area contributed by atoms with Gasteiger partial charge < -0.3 is 0 Å². The van der Waals surface area contributed by atoms with Crippen LogP contribution in [0.2, 0.25) is 10.0 Å². The fourth-order valence-corrected chi connectivity index (χ4v) is 55.2. The number of aryl methyl sites for hydroxylation is 4. The normalized spacial score (nSPS) is 17.5.